The van der Waals surface area contributed by atoms with Crippen molar-refractivity contribution in [1.29, 1.82) is 0 Å². The maximum Gasteiger partial charge on any atom is 0.189 e. The van der Waals surface area contributed by atoms with Crippen molar-refractivity contribution < 1.29 is 9.64 Å². The molecule has 5 N–H and O–H groups in total. The molecule has 0 amide bonds. The van der Waals surface area contributed by atoms with Crippen LogP contribution < -0.4 is 31.1 Å². The number of hydrogen-bond acceptors (Lipinski definition) is 3. The van der Waals surface area contributed by atoms with Gasteiger partial charge < -0.3 is 20.3 Å². The van der Waals surface area contributed by atoms with Crippen LogP contribution in [-0.2, 0) is 0 Å². The first-order chi connectivity index (χ1) is 11.0. The molecule has 0 aliphatic heterocycles. The predicted octanol–water partition coefficient (Wildman–Crippen LogP) is 0.285. The van der Waals surface area contributed by atoms with Gasteiger partial charge >= 0.3 is 0 Å². The van der Waals surface area contributed by atoms with Crippen LogP contribution in [-0.4, -0.2) is 44.0 Å². The third-order valence-corrected chi connectivity index (χ3v) is 3.30. The Morgan fingerprint density at radius 3 is 2.35 bits per heavy atom. The maximum atomic E-state index is 5.39. The summed E-state index contributed by atoms with van der Waals surface area (Å²) in [6.07, 6.45) is 1.05. The molecule has 0 saturated carbocycles. The Labute approximate surface area is 148 Å². The smallest absolute Gasteiger partial charge is 0.189 e. The molecular formula is C15H26N5OS2+. The fraction of sp³-hybridized carbons (Fsp3) is 0.467. The van der Waals surface area contributed by atoms with Crippen LogP contribution in [0.4, 0.5) is 5.69 Å². The molecular weight excluding hydrogens is 330 g/mol. The topological polar surface area (TPSA) is 61.8 Å². The van der Waals surface area contributed by atoms with Crippen LogP contribution in [0.15, 0.2) is 24.3 Å². The van der Waals surface area contributed by atoms with E-state index in [-0.39, 0.29) is 0 Å². The van der Waals surface area contributed by atoms with Crippen LogP contribution in [0.2, 0.25) is 0 Å². The molecule has 0 atom stereocenters. The third kappa shape index (κ3) is 9.17. The molecule has 0 unspecified atom stereocenters. The molecule has 23 heavy (non-hydrogen) atoms. The summed E-state index contributed by atoms with van der Waals surface area (Å²) in [5, 5.41) is 7.14. The molecule has 0 aliphatic carbocycles. The largest absolute Gasteiger partial charge is 0.494 e. The van der Waals surface area contributed by atoms with E-state index in [0.29, 0.717) is 16.8 Å². The van der Waals surface area contributed by atoms with Gasteiger partial charge in [-0.25, -0.2) is 0 Å². The van der Waals surface area contributed by atoms with E-state index in [1.807, 2.05) is 31.2 Å². The number of quaternary nitrogens is 1. The van der Waals surface area contributed by atoms with Gasteiger partial charge in [-0.3, -0.25) is 10.9 Å². The van der Waals surface area contributed by atoms with Crippen LogP contribution >= 0.6 is 24.4 Å². The number of benzene rings is 1. The van der Waals surface area contributed by atoms with E-state index in [1.54, 1.807) is 0 Å². The van der Waals surface area contributed by atoms with E-state index in [0.717, 1.165) is 30.9 Å². The normalized spacial score (nSPS) is 10.1. The molecule has 0 bridgehead atoms. The lowest BCUT2D eigenvalue weighted by molar-refractivity contribution is -0.858. The molecule has 128 valence electrons. The van der Waals surface area contributed by atoms with Gasteiger partial charge in [-0.1, -0.05) is 0 Å². The van der Waals surface area contributed by atoms with E-state index in [9.17, 15) is 0 Å². The highest BCUT2D eigenvalue weighted by molar-refractivity contribution is 7.80. The van der Waals surface area contributed by atoms with Crippen molar-refractivity contribution in [3.63, 3.8) is 0 Å². The van der Waals surface area contributed by atoms with Crippen LogP contribution in [0.1, 0.15) is 13.3 Å². The van der Waals surface area contributed by atoms with Gasteiger partial charge in [-0.2, -0.15) is 0 Å². The van der Waals surface area contributed by atoms with Crippen LogP contribution in [0.25, 0.3) is 0 Å². The minimum atomic E-state index is 0.441. The SMILES string of the molecule is CCOc1ccc(NC(=S)NNC(=S)NCCC[NH+](C)C)cc1. The summed E-state index contributed by atoms with van der Waals surface area (Å²) in [6.45, 7) is 4.53. The number of nitrogens with one attached hydrogen (secondary N) is 5. The first-order valence-corrected chi connectivity index (χ1v) is 8.45. The van der Waals surface area contributed by atoms with Gasteiger partial charge in [0.25, 0.3) is 0 Å². The molecule has 1 rings (SSSR count). The Kier molecular flexibility index (Phi) is 9.27. The highest BCUT2D eigenvalue weighted by Crippen LogP contribution is 2.15. The molecule has 0 fully saturated rings. The zero-order valence-electron chi connectivity index (χ0n) is 13.9. The maximum absolute atomic E-state index is 5.39. The van der Waals surface area contributed by atoms with Gasteiger partial charge in [0.2, 0.25) is 0 Å². The van der Waals surface area contributed by atoms with Crippen molar-refractivity contribution >= 4 is 40.3 Å². The molecule has 1 aromatic rings. The Balaban J connectivity index is 2.21. The van der Waals surface area contributed by atoms with Crippen molar-refractivity contribution in [2.75, 3.05) is 39.1 Å². The summed E-state index contributed by atoms with van der Waals surface area (Å²) in [4.78, 5) is 1.42. The zero-order chi connectivity index (χ0) is 17.1. The van der Waals surface area contributed by atoms with E-state index in [2.05, 4.69) is 35.6 Å². The average molecular weight is 357 g/mol. The molecule has 0 aliphatic rings. The molecule has 0 saturated heterocycles. The highest BCUT2D eigenvalue weighted by atomic mass is 32.1. The summed E-state index contributed by atoms with van der Waals surface area (Å²) < 4.78 is 5.39. The molecule has 8 heteroatoms. The molecule has 6 nitrogen and oxygen atoms in total. The van der Waals surface area contributed by atoms with Crippen LogP contribution in [0, 0.1) is 0 Å². The van der Waals surface area contributed by atoms with Crippen molar-refractivity contribution in [2.45, 2.75) is 13.3 Å². The van der Waals surface area contributed by atoms with Gasteiger partial charge in [0, 0.05) is 18.7 Å². The van der Waals surface area contributed by atoms with Gasteiger partial charge in [0.15, 0.2) is 10.2 Å². The Morgan fingerprint density at radius 2 is 1.74 bits per heavy atom. The lowest BCUT2D eigenvalue weighted by Crippen LogP contribution is -3.05. The number of rotatable bonds is 7. The summed E-state index contributed by atoms with van der Waals surface area (Å²) in [7, 11) is 4.26. The molecule has 1 aromatic carbocycles. The Bertz CT molecular complexity index is 493. The number of anilines is 1. The fourth-order valence-corrected chi connectivity index (χ4v) is 2.09. The third-order valence-electron chi connectivity index (χ3n) is 2.85. The first kappa shape index (κ1) is 19.4. The predicted molar refractivity (Wildman–Crippen MR) is 103 cm³/mol. The quantitative estimate of drug-likeness (QED) is 0.273. The standard InChI is InChI=1S/C15H25N5OS2/c1-4-21-13-8-6-12(7-9-13)17-15(23)19-18-14(22)16-10-5-11-20(2)3/h6-9H,4-5,10-11H2,1-3H3,(H2,16,18,22)(H2,17,19,23)/p+1. The highest BCUT2D eigenvalue weighted by Gasteiger charge is 2.00. The molecule has 0 aromatic heterocycles. The second kappa shape index (κ2) is 11.0. The zero-order valence-corrected chi connectivity index (χ0v) is 15.5. The minimum Gasteiger partial charge on any atom is -0.494 e. The van der Waals surface area contributed by atoms with E-state index in [4.69, 9.17) is 29.2 Å². The van der Waals surface area contributed by atoms with E-state index >= 15 is 0 Å². The Morgan fingerprint density at radius 1 is 1.09 bits per heavy atom. The summed E-state index contributed by atoms with van der Waals surface area (Å²) in [6, 6.07) is 7.58. The monoisotopic (exact) mass is 356 g/mol. The van der Waals surface area contributed by atoms with Crippen LogP contribution in [0.5, 0.6) is 5.75 Å². The first-order valence-electron chi connectivity index (χ1n) is 7.64. The lowest BCUT2D eigenvalue weighted by atomic mass is 10.3. The van der Waals surface area contributed by atoms with Crippen molar-refractivity contribution in [2.24, 2.45) is 0 Å². The summed E-state index contributed by atoms with van der Waals surface area (Å²) in [5.74, 6) is 0.833. The van der Waals surface area contributed by atoms with Crippen molar-refractivity contribution in [3.05, 3.63) is 24.3 Å². The van der Waals surface area contributed by atoms with Gasteiger partial charge in [-0.15, -0.1) is 0 Å². The number of thiocarbonyl (C=S) groups is 2. The van der Waals surface area contributed by atoms with Gasteiger partial charge in [0.1, 0.15) is 5.75 Å². The van der Waals surface area contributed by atoms with Crippen LogP contribution in [0.3, 0.4) is 0 Å². The summed E-state index contributed by atoms with van der Waals surface area (Å²) >= 11 is 10.4. The fourth-order valence-electron chi connectivity index (χ4n) is 1.77. The minimum absolute atomic E-state index is 0.441. The number of ether oxygens (including phenoxy) is 1. The van der Waals surface area contributed by atoms with Gasteiger partial charge in [-0.05, 0) is 55.6 Å². The van der Waals surface area contributed by atoms with Gasteiger partial charge in [0.05, 0.1) is 27.2 Å². The second-order valence-corrected chi connectivity index (χ2v) is 6.04. The lowest BCUT2D eigenvalue weighted by Gasteiger charge is -2.14. The number of hydrogen-bond donors (Lipinski definition) is 5. The Hall–Kier alpha value is -1.64. The summed E-state index contributed by atoms with van der Waals surface area (Å²) in [5.41, 5.74) is 6.58. The molecule has 0 heterocycles. The molecule has 0 spiro atoms. The number of hydrazine groups is 1. The van der Waals surface area contributed by atoms with Crippen molar-refractivity contribution in [1.82, 2.24) is 16.2 Å². The molecule has 0 radical (unpaired) electrons. The van der Waals surface area contributed by atoms with Crippen molar-refractivity contribution in [3.8, 4) is 5.75 Å². The average Bonchev–Trinajstić information content (AvgIpc) is 2.51. The second-order valence-electron chi connectivity index (χ2n) is 5.23. The van der Waals surface area contributed by atoms with E-state index in [1.165, 1.54) is 4.90 Å². The van der Waals surface area contributed by atoms with E-state index < -0.39 is 0 Å².